The molecule has 11 nitrogen and oxygen atoms in total. The highest BCUT2D eigenvalue weighted by Gasteiger charge is 2.34. The zero-order valence-electron chi connectivity index (χ0n) is 21.9. The maximum absolute atomic E-state index is 15.1. The van der Waals surface area contributed by atoms with Crippen molar-refractivity contribution in [3.8, 4) is 22.8 Å². The second-order valence-electron chi connectivity index (χ2n) is 10.2. The van der Waals surface area contributed by atoms with E-state index in [2.05, 4.69) is 10.1 Å². The number of ether oxygens (including phenoxy) is 2. The largest absolute Gasteiger partial charge is 0.490 e. The van der Waals surface area contributed by atoms with Crippen molar-refractivity contribution in [2.45, 2.75) is 49.9 Å². The molecule has 3 aromatic rings. The number of nitrogens with zero attached hydrogens (tertiary/aromatic N) is 4. The molecule has 2 aromatic heterocycles. The van der Waals surface area contributed by atoms with Crippen LogP contribution in [0.2, 0.25) is 0 Å². The molecule has 1 aliphatic heterocycles. The molecule has 40 heavy (non-hydrogen) atoms. The molecule has 3 heterocycles. The number of alkyl halides is 1. The molecular weight excluding hydrogens is 541 g/mol. The van der Waals surface area contributed by atoms with E-state index in [0.29, 0.717) is 17.2 Å². The maximum Gasteiger partial charge on any atom is 0.254 e. The van der Waals surface area contributed by atoms with Crippen molar-refractivity contribution in [1.82, 2.24) is 19.7 Å². The number of hydrogen-bond acceptors (Lipinski definition) is 8. The van der Waals surface area contributed by atoms with Crippen molar-refractivity contribution in [1.29, 1.82) is 0 Å². The Labute approximate surface area is 231 Å². The van der Waals surface area contributed by atoms with Crippen molar-refractivity contribution in [2.75, 3.05) is 19.3 Å². The van der Waals surface area contributed by atoms with E-state index < -0.39 is 28.0 Å². The van der Waals surface area contributed by atoms with Gasteiger partial charge in [-0.05, 0) is 36.6 Å². The van der Waals surface area contributed by atoms with E-state index in [9.17, 15) is 18.0 Å². The molecule has 1 saturated carbocycles. The number of benzene rings is 1. The Hall–Kier alpha value is -4.00. The molecule has 0 spiro atoms. The normalized spacial score (nSPS) is 19.3. The summed E-state index contributed by atoms with van der Waals surface area (Å²) in [6, 6.07) is 8.81. The van der Waals surface area contributed by atoms with Crippen molar-refractivity contribution < 1.29 is 31.9 Å². The van der Waals surface area contributed by atoms with Crippen molar-refractivity contribution >= 4 is 21.7 Å². The number of carbonyl (C=O) groups is 2. The van der Waals surface area contributed by atoms with Crippen molar-refractivity contribution in [3.63, 3.8) is 0 Å². The molecule has 212 valence electrons. The smallest absolute Gasteiger partial charge is 0.254 e. The number of hydrogen-bond donors (Lipinski definition) is 1. The summed E-state index contributed by atoms with van der Waals surface area (Å²) in [7, 11) is -3.30. The Morgan fingerprint density at radius 2 is 1.85 bits per heavy atom. The van der Waals surface area contributed by atoms with Gasteiger partial charge in [0.05, 0.1) is 25.3 Å². The molecule has 2 aliphatic rings. The maximum atomic E-state index is 15.1. The average Bonchev–Trinajstić information content (AvgIpc) is 3.60. The van der Waals surface area contributed by atoms with Crippen LogP contribution >= 0.6 is 0 Å². The van der Waals surface area contributed by atoms with Crippen molar-refractivity contribution in [3.05, 3.63) is 60.0 Å². The number of halogens is 1. The van der Waals surface area contributed by atoms with E-state index in [1.807, 2.05) is 24.3 Å². The zero-order chi connectivity index (χ0) is 28.4. The fourth-order valence-electron chi connectivity index (χ4n) is 4.44. The zero-order valence-corrected chi connectivity index (χ0v) is 22.7. The van der Waals surface area contributed by atoms with Gasteiger partial charge in [0.25, 0.3) is 5.91 Å². The van der Waals surface area contributed by atoms with E-state index in [1.165, 1.54) is 34.2 Å². The molecule has 2 amide bonds. The third-order valence-electron chi connectivity index (χ3n) is 6.65. The van der Waals surface area contributed by atoms with E-state index in [-0.39, 0.29) is 49.2 Å². The summed E-state index contributed by atoms with van der Waals surface area (Å²) in [4.78, 5) is 30.6. The number of likely N-dealkylation sites (tertiary alicyclic amines) is 1. The van der Waals surface area contributed by atoms with Gasteiger partial charge in [-0.2, -0.15) is 5.10 Å². The van der Waals surface area contributed by atoms with Crippen LogP contribution in [0.4, 0.5) is 4.39 Å². The van der Waals surface area contributed by atoms with Gasteiger partial charge in [-0.1, -0.05) is 12.1 Å². The summed E-state index contributed by atoms with van der Waals surface area (Å²) in [6.45, 7) is 0.145. The Balaban J connectivity index is 1.20. The number of nitrogens with two attached hydrogens (primary N) is 1. The van der Waals surface area contributed by atoms with Gasteiger partial charge in [-0.3, -0.25) is 14.3 Å². The molecular formula is C27H30FN5O6S. The fourth-order valence-corrected chi connectivity index (χ4v) is 5.06. The molecule has 2 atom stereocenters. The number of sulfone groups is 1. The highest BCUT2D eigenvalue weighted by molar-refractivity contribution is 7.89. The summed E-state index contributed by atoms with van der Waals surface area (Å²) < 4.78 is 50.9. The van der Waals surface area contributed by atoms with Crippen LogP contribution in [0, 0.1) is 0 Å². The van der Waals surface area contributed by atoms with Gasteiger partial charge in [-0.25, -0.2) is 17.8 Å². The first-order valence-corrected chi connectivity index (χ1v) is 14.9. The monoisotopic (exact) mass is 571 g/mol. The Bertz CT molecular complexity index is 1510. The second kappa shape index (κ2) is 11.2. The van der Waals surface area contributed by atoms with Crippen LogP contribution in [0.1, 0.15) is 35.2 Å². The quantitative estimate of drug-likeness (QED) is 0.389. The van der Waals surface area contributed by atoms with Gasteiger partial charge in [-0.15, -0.1) is 0 Å². The minimum atomic E-state index is -3.30. The molecule has 0 bridgehead atoms. The molecule has 1 aliphatic carbocycles. The lowest BCUT2D eigenvalue weighted by molar-refractivity contribution is -0.134. The number of piperidine rings is 1. The van der Waals surface area contributed by atoms with Gasteiger partial charge < -0.3 is 20.1 Å². The van der Waals surface area contributed by atoms with Gasteiger partial charge in [0.2, 0.25) is 11.8 Å². The number of primary amides is 1. The Morgan fingerprint density at radius 1 is 1.10 bits per heavy atom. The summed E-state index contributed by atoms with van der Waals surface area (Å²) in [5, 5.41) is 4.02. The van der Waals surface area contributed by atoms with E-state index in [1.54, 1.807) is 0 Å². The minimum Gasteiger partial charge on any atom is -0.490 e. The molecule has 0 radical (unpaired) electrons. The highest BCUT2D eigenvalue weighted by atomic mass is 32.2. The molecule has 2 N–H and O–H groups in total. The first-order valence-electron chi connectivity index (χ1n) is 12.9. The van der Waals surface area contributed by atoms with Crippen LogP contribution in [0.5, 0.6) is 11.6 Å². The summed E-state index contributed by atoms with van der Waals surface area (Å²) in [5.41, 5.74) is 7.30. The number of carbonyl (C=O) groups excluding carboxylic acids is 2. The lowest BCUT2D eigenvalue weighted by atomic mass is 10.0. The fraction of sp³-hybridized carbons (Fsp3) is 0.407. The van der Waals surface area contributed by atoms with Crippen molar-refractivity contribution in [2.24, 2.45) is 5.73 Å². The molecule has 13 heteroatoms. The van der Waals surface area contributed by atoms with Gasteiger partial charge in [0, 0.05) is 42.7 Å². The summed E-state index contributed by atoms with van der Waals surface area (Å²) in [5.74, 6) is -0.635. The third-order valence-corrected chi connectivity index (χ3v) is 7.39. The SMILES string of the molecule is CS(=O)(=O)Cn1cc(-c2cnc(O[C@@H]3CCN(C(=O)Cc4ccc(OC5CC5)cc4)C[C@@H]3F)c(C(N)=O)c2)cn1. The van der Waals surface area contributed by atoms with Crippen LogP contribution in [-0.2, 0) is 26.9 Å². The van der Waals surface area contributed by atoms with Crippen LogP contribution in [0.25, 0.3) is 11.1 Å². The predicted molar refractivity (Wildman–Crippen MR) is 143 cm³/mol. The van der Waals surface area contributed by atoms with Gasteiger partial charge in [0.15, 0.2) is 16.0 Å². The third kappa shape index (κ3) is 6.95. The number of amides is 2. The number of pyridine rings is 1. The molecule has 0 unspecified atom stereocenters. The Morgan fingerprint density at radius 3 is 2.50 bits per heavy atom. The number of rotatable bonds is 10. The predicted octanol–water partition coefficient (Wildman–Crippen LogP) is 2.15. The topological polar surface area (TPSA) is 147 Å². The Kier molecular flexibility index (Phi) is 7.74. The second-order valence-corrected chi connectivity index (χ2v) is 12.3. The summed E-state index contributed by atoms with van der Waals surface area (Å²) in [6.07, 6.45) is 5.82. The van der Waals surface area contributed by atoms with E-state index >= 15 is 4.39 Å². The first-order chi connectivity index (χ1) is 19.0. The number of aromatic nitrogens is 3. The van der Waals surface area contributed by atoms with E-state index in [0.717, 1.165) is 30.4 Å². The average molecular weight is 572 g/mol. The molecule has 1 saturated heterocycles. The van der Waals surface area contributed by atoms with Gasteiger partial charge in [0.1, 0.15) is 23.3 Å². The van der Waals surface area contributed by atoms with Crippen LogP contribution in [-0.4, -0.2) is 77.6 Å². The molecule has 5 rings (SSSR count). The highest BCUT2D eigenvalue weighted by Crippen LogP contribution is 2.28. The molecule has 1 aromatic carbocycles. The van der Waals surface area contributed by atoms with Crippen LogP contribution in [0.15, 0.2) is 48.9 Å². The summed E-state index contributed by atoms with van der Waals surface area (Å²) >= 11 is 0. The van der Waals surface area contributed by atoms with E-state index in [4.69, 9.17) is 15.2 Å². The first kappa shape index (κ1) is 27.6. The minimum absolute atomic E-state index is 0.0480. The van der Waals surface area contributed by atoms with Crippen LogP contribution in [0.3, 0.4) is 0 Å². The standard InChI is InChI=1S/C27H30FN5O6S/c1-40(36,37)16-33-14-19(13-31-33)18-11-22(26(29)35)27(30-12-18)39-24-8-9-32(15-23(24)28)25(34)10-17-2-4-20(5-3-17)38-21-6-7-21/h2-5,11-14,21,23-24H,6-10,15-16H2,1H3,(H2,29,35)/t23-,24+/m0/s1. The molecule has 2 fully saturated rings. The lowest BCUT2D eigenvalue weighted by Gasteiger charge is -2.34. The van der Waals surface area contributed by atoms with Crippen LogP contribution < -0.4 is 15.2 Å². The van der Waals surface area contributed by atoms with Gasteiger partial charge >= 0.3 is 0 Å². The lowest BCUT2D eigenvalue weighted by Crippen LogP contribution is -2.49.